The molecular weight excluding hydrogens is 306 g/mol. The number of hydrogen-bond acceptors (Lipinski definition) is 3. The highest BCUT2D eigenvalue weighted by Crippen LogP contribution is 2.25. The molecule has 2 N–H and O–H groups in total. The summed E-state index contributed by atoms with van der Waals surface area (Å²) in [5, 5.41) is 12.5. The molecule has 1 aromatic carbocycles. The molecule has 0 radical (unpaired) electrons. The minimum atomic E-state index is -1.10. The van der Waals surface area contributed by atoms with Gasteiger partial charge in [-0.15, -0.1) is 0 Å². The molecule has 0 saturated heterocycles. The molecule has 0 aliphatic rings. The van der Waals surface area contributed by atoms with Crippen molar-refractivity contribution < 1.29 is 19.4 Å². The van der Waals surface area contributed by atoms with Gasteiger partial charge in [0.1, 0.15) is 11.6 Å². The number of carbonyl (C=O) groups excluding carboxylic acids is 1. The van der Waals surface area contributed by atoms with E-state index >= 15 is 0 Å². The molecule has 0 heterocycles. The Morgan fingerprint density at radius 1 is 1.27 bits per heavy atom. The lowest BCUT2D eigenvalue weighted by atomic mass is 9.89. The molecule has 5 nitrogen and oxygen atoms in total. The second-order valence-corrected chi connectivity index (χ2v) is 6.46. The Bertz CT molecular complexity index is 522. The molecule has 0 spiro atoms. The van der Waals surface area contributed by atoms with E-state index in [1.54, 1.807) is 45.0 Å². The van der Waals surface area contributed by atoms with Crippen molar-refractivity contribution in [1.29, 1.82) is 0 Å². The van der Waals surface area contributed by atoms with E-state index in [4.69, 9.17) is 16.3 Å². The van der Waals surface area contributed by atoms with Crippen molar-refractivity contribution in [2.45, 2.75) is 51.7 Å². The number of halogens is 1. The van der Waals surface area contributed by atoms with Crippen LogP contribution in [0.5, 0.6) is 0 Å². The van der Waals surface area contributed by atoms with Gasteiger partial charge in [0.05, 0.1) is 0 Å². The number of carbonyl (C=O) groups is 2. The maximum atomic E-state index is 11.9. The Hall–Kier alpha value is -1.75. The van der Waals surface area contributed by atoms with Crippen LogP contribution in [0.1, 0.15) is 45.6 Å². The van der Waals surface area contributed by atoms with Gasteiger partial charge in [0, 0.05) is 10.9 Å². The molecule has 0 bridgehead atoms. The minimum Gasteiger partial charge on any atom is -0.480 e. The van der Waals surface area contributed by atoms with Crippen LogP contribution in [0.4, 0.5) is 4.79 Å². The fourth-order valence-electron chi connectivity index (χ4n) is 2.14. The van der Waals surface area contributed by atoms with Crippen molar-refractivity contribution in [3.63, 3.8) is 0 Å². The largest absolute Gasteiger partial charge is 0.480 e. The van der Waals surface area contributed by atoms with Gasteiger partial charge in [-0.05, 0) is 44.9 Å². The van der Waals surface area contributed by atoms with E-state index in [-0.39, 0.29) is 5.92 Å². The third-order valence-corrected chi connectivity index (χ3v) is 3.33. The van der Waals surface area contributed by atoms with Gasteiger partial charge >= 0.3 is 12.1 Å². The Kier molecular flexibility index (Phi) is 6.23. The van der Waals surface area contributed by atoms with Crippen molar-refractivity contribution in [3.05, 3.63) is 34.9 Å². The summed E-state index contributed by atoms with van der Waals surface area (Å²) in [5.41, 5.74) is 0.116. The number of amides is 1. The number of carboxylic acid groups (broad SMARTS) is 1. The predicted molar refractivity (Wildman–Crippen MR) is 85.3 cm³/mol. The van der Waals surface area contributed by atoms with Crippen molar-refractivity contribution in [1.82, 2.24) is 5.32 Å². The summed E-state index contributed by atoms with van der Waals surface area (Å²) in [7, 11) is 0. The third kappa shape index (κ3) is 5.56. The third-order valence-electron chi connectivity index (χ3n) is 3.08. The highest BCUT2D eigenvalue weighted by molar-refractivity contribution is 6.30. The van der Waals surface area contributed by atoms with Crippen LogP contribution in [0.15, 0.2) is 24.3 Å². The van der Waals surface area contributed by atoms with Gasteiger partial charge in [-0.25, -0.2) is 9.59 Å². The Morgan fingerprint density at radius 3 is 2.23 bits per heavy atom. The maximum absolute atomic E-state index is 11.9. The average Bonchev–Trinajstić information content (AvgIpc) is 2.38. The summed E-state index contributed by atoms with van der Waals surface area (Å²) in [6.07, 6.45) is -0.193. The highest BCUT2D eigenvalue weighted by Gasteiger charge is 2.31. The smallest absolute Gasteiger partial charge is 0.408 e. The lowest BCUT2D eigenvalue weighted by Crippen LogP contribution is -2.46. The molecular formula is C16H22ClNO4. The second kappa shape index (κ2) is 7.49. The van der Waals surface area contributed by atoms with Crippen LogP contribution in [0, 0.1) is 0 Å². The molecule has 0 aromatic heterocycles. The molecule has 1 amide bonds. The lowest BCUT2D eigenvalue weighted by Gasteiger charge is -2.26. The van der Waals surface area contributed by atoms with E-state index in [0.29, 0.717) is 11.4 Å². The van der Waals surface area contributed by atoms with Crippen LogP contribution < -0.4 is 5.32 Å². The van der Waals surface area contributed by atoms with E-state index in [9.17, 15) is 14.7 Å². The SMILES string of the molecule is CCC(c1ccc(Cl)cc1)C(NC(=O)OC(C)(C)C)C(=O)O. The molecule has 122 valence electrons. The van der Waals surface area contributed by atoms with Crippen molar-refractivity contribution in [2.24, 2.45) is 0 Å². The highest BCUT2D eigenvalue weighted by atomic mass is 35.5. The molecule has 22 heavy (non-hydrogen) atoms. The monoisotopic (exact) mass is 327 g/mol. The number of aliphatic carboxylic acids is 1. The zero-order valence-corrected chi connectivity index (χ0v) is 14.0. The molecule has 0 saturated carbocycles. The first-order chi connectivity index (χ1) is 10.1. The zero-order chi connectivity index (χ0) is 16.9. The standard InChI is InChI=1S/C16H22ClNO4/c1-5-12(10-6-8-11(17)9-7-10)13(14(19)20)18-15(21)22-16(2,3)4/h6-9,12-13H,5H2,1-4H3,(H,18,21)(H,19,20). The van der Waals surface area contributed by atoms with Gasteiger partial charge in [-0.3, -0.25) is 0 Å². The molecule has 2 atom stereocenters. The number of nitrogens with one attached hydrogen (secondary N) is 1. The van der Waals surface area contributed by atoms with Gasteiger partial charge in [-0.1, -0.05) is 30.7 Å². The summed E-state index contributed by atoms with van der Waals surface area (Å²) in [6, 6.07) is 5.87. The van der Waals surface area contributed by atoms with Crippen molar-refractivity contribution in [3.8, 4) is 0 Å². The summed E-state index contributed by atoms with van der Waals surface area (Å²) < 4.78 is 5.13. The fraction of sp³-hybridized carbons (Fsp3) is 0.500. The first kappa shape index (κ1) is 18.3. The van der Waals surface area contributed by atoms with E-state index in [1.165, 1.54) is 0 Å². The van der Waals surface area contributed by atoms with Gasteiger partial charge in [0.25, 0.3) is 0 Å². The van der Waals surface area contributed by atoms with Crippen LogP contribution in [-0.2, 0) is 9.53 Å². The van der Waals surface area contributed by atoms with E-state index in [1.807, 2.05) is 6.92 Å². The number of rotatable bonds is 5. The van der Waals surface area contributed by atoms with Crippen LogP contribution >= 0.6 is 11.6 Å². The van der Waals surface area contributed by atoms with Gasteiger partial charge in [-0.2, -0.15) is 0 Å². The first-order valence-electron chi connectivity index (χ1n) is 7.12. The quantitative estimate of drug-likeness (QED) is 0.862. The average molecular weight is 328 g/mol. The van der Waals surface area contributed by atoms with E-state index < -0.39 is 23.7 Å². The second-order valence-electron chi connectivity index (χ2n) is 6.03. The van der Waals surface area contributed by atoms with Crippen LogP contribution in [0.2, 0.25) is 5.02 Å². The predicted octanol–water partition coefficient (Wildman–Crippen LogP) is 3.81. The molecule has 6 heteroatoms. The Labute approximate surface area is 135 Å². The number of hydrogen-bond donors (Lipinski definition) is 2. The van der Waals surface area contributed by atoms with Crippen LogP contribution in [-0.4, -0.2) is 28.8 Å². The van der Waals surface area contributed by atoms with Crippen molar-refractivity contribution in [2.75, 3.05) is 0 Å². The van der Waals surface area contributed by atoms with Gasteiger partial charge < -0.3 is 15.2 Å². The number of benzene rings is 1. The van der Waals surface area contributed by atoms with Crippen LogP contribution in [0.25, 0.3) is 0 Å². The molecule has 1 rings (SSSR count). The molecule has 2 unspecified atom stereocenters. The topological polar surface area (TPSA) is 75.6 Å². The molecule has 0 fully saturated rings. The summed E-state index contributed by atoms with van der Waals surface area (Å²) >= 11 is 5.85. The summed E-state index contributed by atoms with van der Waals surface area (Å²) in [6.45, 7) is 7.03. The number of alkyl carbamates (subject to hydrolysis) is 1. The minimum absolute atomic E-state index is 0.373. The van der Waals surface area contributed by atoms with Gasteiger partial charge in [0.2, 0.25) is 0 Å². The first-order valence-corrected chi connectivity index (χ1v) is 7.49. The zero-order valence-electron chi connectivity index (χ0n) is 13.2. The molecule has 0 aliphatic heterocycles. The van der Waals surface area contributed by atoms with Gasteiger partial charge in [0.15, 0.2) is 0 Å². The fourth-order valence-corrected chi connectivity index (χ4v) is 2.27. The Morgan fingerprint density at radius 2 is 1.82 bits per heavy atom. The summed E-state index contributed by atoms with van der Waals surface area (Å²) in [4.78, 5) is 23.4. The van der Waals surface area contributed by atoms with E-state index in [0.717, 1.165) is 5.56 Å². The van der Waals surface area contributed by atoms with E-state index in [2.05, 4.69) is 5.32 Å². The number of carboxylic acids is 1. The van der Waals surface area contributed by atoms with Crippen molar-refractivity contribution >= 4 is 23.7 Å². The molecule has 1 aromatic rings. The normalized spacial score (nSPS) is 14.0. The molecule has 0 aliphatic carbocycles. The van der Waals surface area contributed by atoms with Crippen LogP contribution in [0.3, 0.4) is 0 Å². The maximum Gasteiger partial charge on any atom is 0.408 e. The summed E-state index contributed by atoms with van der Waals surface area (Å²) in [5.74, 6) is -1.48. The lowest BCUT2D eigenvalue weighted by molar-refractivity contribution is -0.140. The number of ether oxygens (including phenoxy) is 1. The Balaban J connectivity index is 2.94.